The number of ether oxygens (including phenoxy) is 1. The first kappa shape index (κ1) is 14.1. The van der Waals surface area contributed by atoms with Crippen molar-refractivity contribution in [2.75, 3.05) is 6.61 Å². The van der Waals surface area contributed by atoms with Gasteiger partial charge < -0.3 is 4.74 Å². The summed E-state index contributed by atoms with van der Waals surface area (Å²) in [7, 11) is 0. The molecule has 3 aromatic rings. The Morgan fingerprint density at radius 1 is 1.36 bits per heavy atom. The molecule has 112 valence electrons. The van der Waals surface area contributed by atoms with Crippen LogP contribution < -0.4 is 0 Å². The number of halogens is 1. The van der Waals surface area contributed by atoms with Gasteiger partial charge in [0, 0.05) is 11.8 Å². The number of rotatable bonds is 3. The fourth-order valence-corrected chi connectivity index (χ4v) is 2.15. The van der Waals surface area contributed by atoms with Crippen molar-refractivity contribution in [3.8, 4) is 11.3 Å². The van der Waals surface area contributed by atoms with E-state index in [1.54, 1.807) is 26.0 Å². The van der Waals surface area contributed by atoms with Crippen LogP contribution in [0.4, 0.5) is 4.39 Å². The van der Waals surface area contributed by atoms with E-state index in [1.807, 2.05) is 0 Å². The number of hydrogen-bond acceptors (Lipinski definition) is 5. The van der Waals surface area contributed by atoms with Gasteiger partial charge in [0.05, 0.1) is 18.5 Å². The van der Waals surface area contributed by atoms with E-state index in [4.69, 9.17) is 4.74 Å². The van der Waals surface area contributed by atoms with Gasteiger partial charge in [0.2, 0.25) is 0 Å². The summed E-state index contributed by atoms with van der Waals surface area (Å²) >= 11 is 0. The lowest BCUT2D eigenvalue weighted by Crippen LogP contribution is -2.11. The van der Waals surface area contributed by atoms with Gasteiger partial charge in [-0.05, 0) is 32.0 Å². The van der Waals surface area contributed by atoms with Crippen molar-refractivity contribution in [1.29, 1.82) is 0 Å². The molecular formula is C15H13FN4O2. The maximum atomic E-state index is 13.4. The molecule has 7 heteroatoms. The van der Waals surface area contributed by atoms with Gasteiger partial charge in [0.15, 0.2) is 11.3 Å². The van der Waals surface area contributed by atoms with Crippen LogP contribution in [0.5, 0.6) is 0 Å². The first-order chi connectivity index (χ1) is 10.6. The second kappa shape index (κ2) is 5.51. The van der Waals surface area contributed by atoms with E-state index < -0.39 is 11.8 Å². The minimum atomic E-state index is -0.563. The maximum absolute atomic E-state index is 13.4. The molecule has 0 saturated heterocycles. The highest BCUT2D eigenvalue weighted by atomic mass is 19.1. The van der Waals surface area contributed by atoms with E-state index in [0.29, 0.717) is 16.9 Å². The molecule has 0 aromatic carbocycles. The van der Waals surface area contributed by atoms with E-state index in [9.17, 15) is 9.18 Å². The number of hydrogen-bond donors (Lipinski definition) is 0. The summed E-state index contributed by atoms with van der Waals surface area (Å²) in [6, 6.07) is 4.79. The van der Waals surface area contributed by atoms with Gasteiger partial charge in [-0.2, -0.15) is 5.10 Å². The van der Waals surface area contributed by atoms with Crippen LogP contribution in [0.15, 0.2) is 30.6 Å². The third-order valence-electron chi connectivity index (χ3n) is 3.06. The fourth-order valence-electron chi connectivity index (χ4n) is 2.15. The predicted octanol–water partition coefficient (Wildman–Crippen LogP) is 2.42. The summed E-state index contributed by atoms with van der Waals surface area (Å²) in [5, 5.41) is 4.29. The van der Waals surface area contributed by atoms with E-state index >= 15 is 0 Å². The van der Waals surface area contributed by atoms with Crippen molar-refractivity contribution in [3.05, 3.63) is 47.8 Å². The van der Waals surface area contributed by atoms with Gasteiger partial charge in [-0.3, -0.25) is 4.98 Å². The van der Waals surface area contributed by atoms with Gasteiger partial charge in [0.1, 0.15) is 11.5 Å². The SMILES string of the molecule is CCOC(=O)c1c(-c2cncc(F)c2)nc2ccc(C)nn12. The molecule has 0 atom stereocenters. The molecule has 6 nitrogen and oxygen atoms in total. The summed E-state index contributed by atoms with van der Waals surface area (Å²) in [5.74, 6) is -1.07. The largest absolute Gasteiger partial charge is 0.461 e. The van der Waals surface area contributed by atoms with Crippen LogP contribution in [-0.4, -0.2) is 32.2 Å². The van der Waals surface area contributed by atoms with Crippen molar-refractivity contribution in [3.63, 3.8) is 0 Å². The number of carbonyl (C=O) groups is 1. The van der Waals surface area contributed by atoms with E-state index in [0.717, 1.165) is 11.9 Å². The van der Waals surface area contributed by atoms with Gasteiger partial charge in [-0.15, -0.1) is 0 Å². The van der Waals surface area contributed by atoms with Crippen LogP contribution >= 0.6 is 0 Å². The second-order valence-corrected chi connectivity index (χ2v) is 4.67. The molecule has 0 bridgehead atoms. The molecule has 0 unspecified atom stereocenters. The Balaban J connectivity index is 2.29. The Morgan fingerprint density at radius 3 is 2.91 bits per heavy atom. The lowest BCUT2D eigenvalue weighted by Gasteiger charge is -2.04. The molecule has 0 N–H and O–H groups in total. The van der Waals surface area contributed by atoms with Gasteiger partial charge >= 0.3 is 5.97 Å². The van der Waals surface area contributed by atoms with E-state index in [2.05, 4.69) is 15.1 Å². The zero-order chi connectivity index (χ0) is 15.7. The highest BCUT2D eigenvalue weighted by molar-refractivity contribution is 5.95. The predicted molar refractivity (Wildman–Crippen MR) is 76.9 cm³/mol. The normalized spacial score (nSPS) is 10.9. The zero-order valence-electron chi connectivity index (χ0n) is 12.1. The zero-order valence-corrected chi connectivity index (χ0v) is 12.1. The third kappa shape index (κ3) is 2.41. The van der Waals surface area contributed by atoms with E-state index in [1.165, 1.54) is 16.8 Å². The third-order valence-corrected chi connectivity index (χ3v) is 3.06. The van der Waals surface area contributed by atoms with Crippen molar-refractivity contribution in [2.45, 2.75) is 13.8 Å². The average Bonchev–Trinajstić information content (AvgIpc) is 2.86. The number of imidazole rings is 1. The lowest BCUT2D eigenvalue weighted by atomic mass is 10.1. The van der Waals surface area contributed by atoms with Gasteiger partial charge in [-0.1, -0.05) is 0 Å². The molecule has 0 aliphatic heterocycles. The lowest BCUT2D eigenvalue weighted by molar-refractivity contribution is 0.0517. The van der Waals surface area contributed by atoms with Crippen LogP contribution in [0.3, 0.4) is 0 Å². The number of carbonyl (C=O) groups excluding carboxylic acids is 1. The van der Waals surface area contributed by atoms with Crippen molar-refractivity contribution < 1.29 is 13.9 Å². The van der Waals surface area contributed by atoms with E-state index in [-0.39, 0.29) is 12.3 Å². The molecule has 0 aliphatic rings. The first-order valence-corrected chi connectivity index (χ1v) is 6.74. The average molecular weight is 300 g/mol. The molecule has 0 amide bonds. The molecule has 3 rings (SSSR count). The standard InChI is InChI=1S/C15H13FN4O2/c1-3-22-15(21)14-13(10-6-11(16)8-17-7-10)18-12-5-4-9(2)19-20(12)14/h4-8H,3H2,1-2H3. The number of esters is 1. The number of fused-ring (bicyclic) bond motifs is 1. The van der Waals surface area contributed by atoms with Crippen LogP contribution in [0, 0.1) is 12.7 Å². The molecule has 0 fully saturated rings. The summed E-state index contributed by atoms with van der Waals surface area (Å²) in [6.45, 7) is 3.74. The van der Waals surface area contributed by atoms with Crippen molar-refractivity contribution >= 4 is 11.6 Å². The number of aromatic nitrogens is 4. The van der Waals surface area contributed by atoms with Crippen LogP contribution in [-0.2, 0) is 4.74 Å². The van der Waals surface area contributed by atoms with Gasteiger partial charge in [-0.25, -0.2) is 18.7 Å². The Hall–Kier alpha value is -2.83. The highest BCUT2D eigenvalue weighted by Crippen LogP contribution is 2.24. The quantitative estimate of drug-likeness (QED) is 0.695. The topological polar surface area (TPSA) is 69.4 Å². The summed E-state index contributed by atoms with van der Waals surface area (Å²) in [6.07, 6.45) is 2.53. The molecular weight excluding hydrogens is 287 g/mol. The monoisotopic (exact) mass is 300 g/mol. The summed E-state index contributed by atoms with van der Waals surface area (Å²) in [5.41, 5.74) is 2.05. The first-order valence-electron chi connectivity index (χ1n) is 6.74. The fraction of sp³-hybridized carbons (Fsp3) is 0.200. The second-order valence-electron chi connectivity index (χ2n) is 4.67. The van der Waals surface area contributed by atoms with Gasteiger partial charge in [0.25, 0.3) is 0 Å². The summed E-state index contributed by atoms with van der Waals surface area (Å²) in [4.78, 5) is 20.4. The smallest absolute Gasteiger partial charge is 0.359 e. The number of pyridine rings is 1. The minimum absolute atomic E-state index is 0.160. The molecule has 3 aromatic heterocycles. The van der Waals surface area contributed by atoms with Crippen LogP contribution in [0.25, 0.3) is 16.9 Å². The maximum Gasteiger partial charge on any atom is 0.359 e. The number of nitrogens with zero attached hydrogens (tertiary/aromatic N) is 4. The molecule has 0 radical (unpaired) electrons. The number of aryl methyl sites for hydroxylation is 1. The Bertz CT molecular complexity index is 860. The van der Waals surface area contributed by atoms with Crippen molar-refractivity contribution in [2.24, 2.45) is 0 Å². The molecule has 22 heavy (non-hydrogen) atoms. The summed E-state index contributed by atoms with van der Waals surface area (Å²) < 4.78 is 19.9. The Morgan fingerprint density at radius 2 is 2.18 bits per heavy atom. The molecule has 3 heterocycles. The van der Waals surface area contributed by atoms with Crippen molar-refractivity contribution in [1.82, 2.24) is 19.6 Å². The molecule has 0 aliphatic carbocycles. The highest BCUT2D eigenvalue weighted by Gasteiger charge is 2.23. The Labute approximate surface area is 125 Å². The Kier molecular flexibility index (Phi) is 3.54. The molecule has 0 saturated carbocycles. The molecule has 0 spiro atoms. The minimum Gasteiger partial charge on any atom is -0.461 e. The van der Waals surface area contributed by atoms with Crippen LogP contribution in [0.1, 0.15) is 23.1 Å². The van der Waals surface area contributed by atoms with Crippen LogP contribution in [0.2, 0.25) is 0 Å².